The highest BCUT2D eigenvalue weighted by Gasteiger charge is 2.15. The molecule has 0 fully saturated rings. The van der Waals surface area contributed by atoms with Crippen molar-refractivity contribution in [3.8, 4) is 17.1 Å². The van der Waals surface area contributed by atoms with E-state index in [0.717, 1.165) is 21.2 Å². The summed E-state index contributed by atoms with van der Waals surface area (Å²) in [5, 5.41) is 5.35. The van der Waals surface area contributed by atoms with Crippen LogP contribution in [0.25, 0.3) is 17.1 Å². The van der Waals surface area contributed by atoms with E-state index in [1.54, 1.807) is 41.0 Å². The molecule has 0 bridgehead atoms. The molecule has 0 aliphatic rings. The lowest BCUT2D eigenvalue weighted by Gasteiger charge is -2.02. The van der Waals surface area contributed by atoms with Crippen LogP contribution in [0.2, 0.25) is 5.02 Å². The van der Waals surface area contributed by atoms with Gasteiger partial charge >= 0.3 is 0 Å². The molecule has 0 radical (unpaired) electrons. The summed E-state index contributed by atoms with van der Waals surface area (Å²) in [6.07, 6.45) is 5.32. The predicted molar refractivity (Wildman–Crippen MR) is 105 cm³/mol. The van der Waals surface area contributed by atoms with E-state index < -0.39 is 0 Å². The minimum Gasteiger partial charge on any atom is -0.258 e. The van der Waals surface area contributed by atoms with Crippen molar-refractivity contribution in [3.05, 3.63) is 83.7 Å². The molecule has 0 N–H and O–H groups in total. The Bertz CT molecular complexity index is 1060. The van der Waals surface area contributed by atoms with Crippen molar-refractivity contribution in [2.24, 2.45) is 0 Å². The molecule has 0 amide bonds. The molecule has 2 aromatic heterocycles. The Morgan fingerprint density at radius 1 is 0.963 bits per heavy atom. The Kier molecular flexibility index (Phi) is 4.92. The topological polar surface area (TPSA) is 43.6 Å². The van der Waals surface area contributed by atoms with Crippen LogP contribution in [0.3, 0.4) is 0 Å². The summed E-state index contributed by atoms with van der Waals surface area (Å²) in [5.74, 6) is -0.286. The van der Waals surface area contributed by atoms with Crippen LogP contribution < -0.4 is 0 Å². The standard InChI is InChI=1S/C20H14ClFN4S/c1-13-10-24-18(11-23-13)20-19(27-17-8-2-14(21)3-9-17)12-26(25-20)16-6-4-15(22)5-7-16/h2-12H,1H3. The van der Waals surface area contributed by atoms with Gasteiger partial charge in [-0.05, 0) is 55.5 Å². The quantitative estimate of drug-likeness (QED) is 0.451. The second-order valence-corrected chi connectivity index (χ2v) is 7.41. The molecule has 0 aliphatic carbocycles. The summed E-state index contributed by atoms with van der Waals surface area (Å²) in [6.45, 7) is 1.89. The first-order valence-electron chi connectivity index (χ1n) is 8.16. The zero-order valence-electron chi connectivity index (χ0n) is 14.3. The minimum atomic E-state index is -0.286. The van der Waals surface area contributed by atoms with Crippen LogP contribution in [-0.2, 0) is 0 Å². The number of hydrogen-bond acceptors (Lipinski definition) is 4. The van der Waals surface area contributed by atoms with Crippen molar-refractivity contribution in [2.45, 2.75) is 16.7 Å². The maximum absolute atomic E-state index is 13.2. The first-order valence-corrected chi connectivity index (χ1v) is 9.36. The number of aryl methyl sites for hydroxylation is 1. The molecule has 4 aromatic rings. The highest BCUT2D eigenvalue weighted by Crippen LogP contribution is 2.35. The number of halogens is 2. The number of rotatable bonds is 4. The third kappa shape index (κ3) is 4.02. The van der Waals surface area contributed by atoms with Crippen LogP contribution in [0, 0.1) is 12.7 Å². The number of nitrogens with zero attached hydrogens (tertiary/aromatic N) is 4. The molecule has 0 aliphatic heterocycles. The molecule has 134 valence electrons. The van der Waals surface area contributed by atoms with Crippen molar-refractivity contribution in [1.29, 1.82) is 0 Å². The Morgan fingerprint density at radius 2 is 1.70 bits per heavy atom. The van der Waals surface area contributed by atoms with Crippen LogP contribution in [-0.4, -0.2) is 19.7 Å². The van der Waals surface area contributed by atoms with Gasteiger partial charge < -0.3 is 0 Å². The summed E-state index contributed by atoms with van der Waals surface area (Å²) in [6, 6.07) is 13.8. The number of aromatic nitrogens is 4. The van der Waals surface area contributed by atoms with Gasteiger partial charge in [0.15, 0.2) is 0 Å². The lowest BCUT2D eigenvalue weighted by molar-refractivity contribution is 0.627. The summed E-state index contributed by atoms with van der Waals surface area (Å²) >= 11 is 7.54. The Morgan fingerprint density at radius 3 is 2.37 bits per heavy atom. The highest BCUT2D eigenvalue weighted by atomic mass is 35.5. The fourth-order valence-electron chi connectivity index (χ4n) is 2.48. The SMILES string of the molecule is Cc1cnc(-c2nn(-c3ccc(F)cc3)cc2Sc2ccc(Cl)cc2)cn1. The fourth-order valence-corrected chi connectivity index (χ4v) is 3.53. The van der Waals surface area contributed by atoms with Crippen molar-refractivity contribution >= 4 is 23.4 Å². The zero-order valence-corrected chi connectivity index (χ0v) is 15.9. The molecule has 2 heterocycles. The second kappa shape index (κ2) is 7.50. The van der Waals surface area contributed by atoms with Crippen LogP contribution in [0.1, 0.15) is 5.69 Å². The predicted octanol–water partition coefficient (Wildman–Crippen LogP) is 5.58. The average Bonchev–Trinajstić information content (AvgIpc) is 3.08. The number of benzene rings is 2. The van der Waals surface area contributed by atoms with E-state index >= 15 is 0 Å². The summed E-state index contributed by atoms with van der Waals surface area (Å²) in [4.78, 5) is 10.7. The van der Waals surface area contributed by atoms with Crippen molar-refractivity contribution in [1.82, 2.24) is 19.7 Å². The minimum absolute atomic E-state index is 0.286. The van der Waals surface area contributed by atoms with Gasteiger partial charge in [0.2, 0.25) is 0 Å². The maximum atomic E-state index is 13.2. The van der Waals surface area contributed by atoms with Crippen molar-refractivity contribution < 1.29 is 4.39 Å². The van der Waals surface area contributed by atoms with Gasteiger partial charge in [0, 0.05) is 22.3 Å². The fraction of sp³-hybridized carbons (Fsp3) is 0.0500. The Balaban J connectivity index is 1.77. The molecule has 0 saturated carbocycles. The lowest BCUT2D eigenvalue weighted by Crippen LogP contribution is -1.95. The molecule has 0 spiro atoms. The van der Waals surface area contributed by atoms with Crippen LogP contribution in [0.15, 0.2) is 76.9 Å². The van der Waals surface area contributed by atoms with E-state index in [-0.39, 0.29) is 5.82 Å². The van der Waals surface area contributed by atoms with Crippen LogP contribution in [0.4, 0.5) is 4.39 Å². The van der Waals surface area contributed by atoms with E-state index in [1.807, 2.05) is 37.4 Å². The summed E-state index contributed by atoms with van der Waals surface area (Å²) < 4.78 is 15.0. The van der Waals surface area contributed by atoms with Gasteiger partial charge in [-0.1, -0.05) is 23.4 Å². The third-order valence-corrected chi connectivity index (χ3v) is 5.12. The van der Waals surface area contributed by atoms with Gasteiger partial charge in [-0.2, -0.15) is 5.10 Å². The smallest absolute Gasteiger partial charge is 0.127 e. The molecule has 2 aromatic carbocycles. The molecular weight excluding hydrogens is 383 g/mol. The van der Waals surface area contributed by atoms with Crippen molar-refractivity contribution in [3.63, 3.8) is 0 Å². The molecule has 0 atom stereocenters. The molecule has 0 saturated heterocycles. The highest BCUT2D eigenvalue weighted by molar-refractivity contribution is 7.99. The van der Waals surface area contributed by atoms with E-state index in [0.29, 0.717) is 16.4 Å². The molecule has 27 heavy (non-hydrogen) atoms. The van der Waals surface area contributed by atoms with Gasteiger partial charge in [0.25, 0.3) is 0 Å². The van der Waals surface area contributed by atoms with Gasteiger partial charge in [-0.25, -0.2) is 9.07 Å². The third-order valence-electron chi connectivity index (χ3n) is 3.84. The van der Waals surface area contributed by atoms with E-state index in [2.05, 4.69) is 15.1 Å². The first-order chi connectivity index (χ1) is 13.1. The number of hydrogen-bond donors (Lipinski definition) is 0. The van der Waals surface area contributed by atoms with Gasteiger partial charge in [0.05, 0.1) is 22.5 Å². The molecule has 4 rings (SSSR count). The monoisotopic (exact) mass is 396 g/mol. The Hall–Kier alpha value is -2.70. The van der Waals surface area contributed by atoms with E-state index in [9.17, 15) is 4.39 Å². The second-order valence-electron chi connectivity index (χ2n) is 5.86. The molecular formula is C20H14ClFN4S. The van der Waals surface area contributed by atoms with Crippen LogP contribution in [0.5, 0.6) is 0 Å². The lowest BCUT2D eigenvalue weighted by atomic mass is 10.3. The summed E-state index contributed by atoms with van der Waals surface area (Å²) in [5.41, 5.74) is 2.99. The van der Waals surface area contributed by atoms with Gasteiger partial charge in [-0.3, -0.25) is 9.97 Å². The van der Waals surface area contributed by atoms with E-state index in [4.69, 9.17) is 11.6 Å². The molecule has 4 nitrogen and oxygen atoms in total. The first kappa shape index (κ1) is 17.7. The van der Waals surface area contributed by atoms with Crippen molar-refractivity contribution in [2.75, 3.05) is 0 Å². The van der Waals surface area contributed by atoms with Crippen LogP contribution >= 0.6 is 23.4 Å². The zero-order chi connectivity index (χ0) is 18.8. The Labute approximate surface area is 165 Å². The van der Waals surface area contributed by atoms with Gasteiger partial charge in [0.1, 0.15) is 17.2 Å². The molecule has 0 unspecified atom stereocenters. The largest absolute Gasteiger partial charge is 0.258 e. The van der Waals surface area contributed by atoms with Gasteiger partial charge in [-0.15, -0.1) is 0 Å². The van der Waals surface area contributed by atoms with E-state index in [1.165, 1.54) is 12.1 Å². The molecule has 7 heteroatoms. The maximum Gasteiger partial charge on any atom is 0.127 e. The average molecular weight is 397 g/mol. The normalized spacial score (nSPS) is 10.9. The summed E-state index contributed by atoms with van der Waals surface area (Å²) in [7, 11) is 0.